The summed E-state index contributed by atoms with van der Waals surface area (Å²) in [6, 6.07) is 9.01. The molecule has 0 aliphatic carbocycles. The lowest BCUT2D eigenvalue weighted by Gasteiger charge is -2.21. The fourth-order valence-electron chi connectivity index (χ4n) is 2.51. The van der Waals surface area contributed by atoms with Crippen LogP contribution >= 0.6 is 0 Å². The molecule has 0 spiro atoms. The highest BCUT2D eigenvalue weighted by Gasteiger charge is 2.18. The lowest BCUT2D eigenvalue weighted by Crippen LogP contribution is -2.43. The Labute approximate surface area is 164 Å². The molecule has 9 nitrogen and oxygen atoms in total. The average Bonchev–Trinajstić information content (AvgIpc) is 2.62. The fraction of sp³-hybridized carbons (Fsp3) is 0.421. The first-order valence-electron chi connectivity index (χ1n) is 9.02. The number of ether oxygens (including phenoxy) is 1. The van der Waals surface area contributed by atoms with E-state index in [9.17, 15) is 4.79 Å². The molecule has 0 unspecified atom stereocenters. The maximum atomic E-state index is 12.2. The lowest BCUT2D eigenvalue weighted by molar-refractivity contribution is 0.151. The third-order valence-corrected chi connectivity index (χ3v) is 3.59. The van der Waals surface area contributed by atoms with E-state index in [1.165, 1.54) is 0 Å². The van der Waals surface area contributed by atoms with Crippen molar-refractivity contribution in [1.82, 2.24) is 15.3 Å². The van der Waals surface area contributed by atoms with E-state index >= 15 is 0 Å². The van der Waals surface area contributed by atoms with Gasteiger partial charge in [0.2, 0.25) is 5.95 Å². The summed E-state index contributed by atoms with van der Waals surface area (Å²) in [5.41, 5.74) is 10.6. The second kappa shape index (κ2) is 9.68. The number of amides is 2. The number of nitrogens with zero attached hydrogens (tertiary/aromatic N) is 5. The Morgan fingerprint density at radius 3 is 2.57 bits per heavy atom. The SMILES string of the molecule is CCOCCc1c(N=[N+]=[N-])nc(NC(=O)NC(C)(C)C)nc1-c1ccccc1. The number of carbonyl (C=O) groups excluding carboxylic acids is 1. The van der Waals surface area contributed by atoms with Crippen LogP contribution in [0.4, 0.5) is 16.6 Å². The molecule has 2 rings (SSSR count). The zero-order valence-electron chi connectivity index (χ0n) is 16.6. The van der Waals surface area contributed by atoms with Crippen LogP contribution in [0.1, 0.15) is 33.3 Å². The van der Waals surface area contributed by atoms with Gasteiger partial charge in [0.05, 0.1) is 12.3 Å². The molecule has 0 radical (unpaired) electrons. The van der Waals surface area contributed by atoms with E-state index < -0.39 is 11.6 Å². The summed E-state index contributed by atoms with van der Waals surface area (Å²) in [4.78, 5) is 23.8. The van der Waals surface area contributed by atoms with Crippen molar-refractivity contribution in [2.24, 2.45) is 5.11 Å². The predicted octanol–water partition coefficient (Wildman–Crippen LogP) is 4.58. The van der Waals surface area contributed by atoms with Gasteiger partial charge in [0, 0.05) is 28.2 Å². The largest absolute Gasteiger partial charge is 0.381 e. The summed E-state index contributed by atoms with van der Waals surface area (Å²) in [5.74, 6) is 0.227. The van der Waals surface area contributed by atoms with Crippen molar-refractivity contribution in [3.63, 3.8) is 0 Å². The molecule has 0 fully saturated rings. The number of benzene rings is 1. The van der Waals surface area contributed by atoms with Crippen molar-refractivity contribution in [3.8, 4) is 11.3 Å². The molecule has 0 bridgehead atoms. The van der Waals surface area contributed by atoms with Gasteiger partial charge in [-0.25, -0.2) is 14.8 Å². The van der Waals surface area contributed by atoms with E-state index in [2.05, 4.69) is 30.6 Å². The highest BCUT2D eigenvalue weighted by molar-refractivity contribution is 5.88. The first kappa shape index (κ1) is 21.1. The van der Waals surface area contributed by atoms with Gasteiger partial charge in [-0.05, 0) is 44.8 Å². The Morgan fingerprint density at radius 2 is 1.96 bits per heavy atom. The quantitative estimate of drug-likeness (QED) is 0.314. The van der Waals surface area contributed by atoms with Crippen LogP contribution in [0.5, 0.6) is 0 Å². The minimum atomic E-state index is -0.444. The van der Waals surface area contributed by atoms with Gasteiger partial charge in [-0.2, -0.15) is 0 Å². The molecule has 1 heterocycles. The van der Waals surface area contributed by atoms with Crippen LogP contribution in [0.3, 0.4) is 0 Å². The number of azide groups is 1. The van der Waals surface area contributed by atoms with E-state index in [0.717, 1.165) is 5.56 Å². The van der Waals surface area contributed by atoms with Gasteiger partial charge in [0.1, 0.15) is 5.82 Å². The van der Waals surface area contributed by atoms with Crippen molar-refractivity contribution < 1.29 is 9.53 Å². The lowest BCUT2D eigenvalue weighted by atomic mass is 10.0. The number of hydrogen-bond acceptors (Lipinski definition) is 5. The van der Waals surface area contributed by atoms with E-state index in [1.54, 1.807) is 0 Å². The summed E-state index contributed by atoms with van der Waals surface area (Å²) < 4.78 is 5.44. The Morgan fingerprint density at radius 1 is 1.25 bits per heavy atom. The molecule has 28 heavy (non-hydrogen) atoms. The molecular formula is C19H25N7O2. The summed E-state index contributed by atoms with van der Waals surface area (Å²) in [6.07, 6.45) is 0.473. The van der Waals surface area contributed by atoms with E-state index in [0.29, 0.717) is 30.9 Å². The number of urea groups is 1. The molecule has 1 aromatic carbocycles. The van der Waals surface area contributed by atoms with Crippen molar-refractivity contribution >= 4 is 17.8 Å². The third-order valence-electron chi connectivity index (χ3n) is 3.59. The zero-order valence-corrected chi connectivity index (χ0v) is 16.6. The van der Waals surface area contributed by atoms with Crippen molar-refractivity contribution in [2.45, 2.75) is 39.7 Å². The fourth-order valence-corrected chi connectivity index (χ4v) is 2.51. The van der Waals surface area contributed by atoms with Crippen LogP contribution in [0, 0.1) is 0 Å². The topological polar surface area (TPSA) is 125 Å². The number of carbonyl (C=O) groups is 1. The van der Waals surface area contributed by atoms with Crippen LogP contribution in [0.25, 0.3) is 21.7 Å². The smallest absolute Gasteiger partial charge is 0.322 e. The maximum absolute atomic E-state index is 12.2. The number of hydrogen-bond donors (Lipinski definition) is 2. The first-order chi connectivity index (χ1) is 13.3. The summed E-state index contributed by atoms with van der Waals surface area (Å²) >= 11 is 0. The average molecular weight is 383 g/mol. The standard InChI is InChI=1S/C19H25N7O2/c1-5-28-12-11-14-15(13-9-7-6-8-10-13)21-17(22-16(14)25-26-20)23-18(27)24-19(2,3)4/h6-10H,5,11-12H2,1-4H3,(H2,21,22,23,24,27). The van der Waals surface area contributed by atoms with Gasteiger partial charge in [-0.1, -0.05) is 30.3 Å². The third kappa shape index (κ3) is 6.22. The van der Waals surface area contributed by atoms with Crippen molar-refractivity contribution in [2.75, 3.05) is 18.5 Å². The van der Waals surface area contributed by atoms with Gasteiger partial charge < -0.3 is 10.1 Å². The van der Waals surface area contributed by atoms with Crippen LogP contribution in [-0.4, -0.2) is 34.8 Å². The van der Waals surface area contributed by atoms with Crippen molar-refractivity contribution in [1.29, 1.82) is 0 Å². The normalized spacial score (nSPS) is 10.9. The molecule has 2 N–H and O–H groups in total. The van der Waals surface area contributed by atoms with Crippen molar-refractivity contribution in [3.05, 3.63) is 46.3 Å². The van der Waals surface area contributed by atoms with E-state index in [4.69, 9.17) is 10.3 Å². The minimum absolute atomic E-state index is 0.0585. The van der Waals surface area contributed by atoms with Crippen LogP contribution < -0.4 is 10.6 Å². The van der Waals surface area contributed by atoms with Gasteiger partial charge in [0.15, 0.2) is 0 Å². The molecule has 148 valence electrons. The molecule has 0 atom stereocenters. The van der Waals surface area contributed by atoms with Gasteiger partial charge in [-0.15, -0.1) is 0 Å². The highest BCUT2D eigenvalue weighted by atomic mass is 16.5. The summed E-state index contributed by atoms with van der Waals surface area (Å²) in [5, 5.41) is 9.11. The number of aromatic nitrogens is 2. The van der Waals surface area contributed by atoms with E-state index in [1.807, 2.05) is 58.0 Å². The second-order valence-corrected chi connectivity index (χ2v) is 7.03. The molecule has 2 aromatic rings. The number of anilines is 1. The van der Waals surface area contributed by atoms with E-state index in [-0.39, 0.29) is 11.8 Å². The molecule has 1 aromatic heterocycles. The Balaban J connectivity index is 2.49. The Kier molecular flexibility index (Phi) is 7.31. The second-order valence-electron chi connectivity index (χ2n) is 7.03. The summed E-state index contributed by atoms with van der Waals surface area (Å²) in [7, 11) is 0. The zero-order chi connectivity index (χ0) is 20.6. The number of rotatable bonds is 7. The molecule has 0 aliphatic rings. The van der Waals surface area contributed by atoms with Crippen LogP contribution in [0.2, 0.25) is 0 Å². The molecule has 2 amide bonds. The van der Waals surface area contributed by atoms with Gasteiger partial charge in [0.25, 0.3) is 0 Å². The van der Waals surface area contributed by atoms with Crippen LogP contribution in [-0.2, 0) is 11.2 Å². The molecule has 9 heteroatoms. The molecular weight excluding hydrogens is 358 g/mol. The Hall–Kier alpha value is -3.16. The summed E-state index contributed by atoms with van der Waals surface area (Å²) in [6.45, 7) is 8.51. The van der Waals surface area contributed by atoms with Gasteiger partial charge >= 0.3 is 6.03 Å². The molecule has 0 aliphatic heterocycles. The Bertz CT molecular complexity index is 857. The molecule has 0 saturated carbocycles. The van der Waals surface area contributed by atoms with Crippen LogP contribution in [0.15, 0.2) is 35.4 Å². The monoisotopic (exact) mass is 383 g/mol. The molecule has 0 saturated heterocycles. The highest BCUT2D eigenvalue weighted by Crippen LogP contribution is 2.30. The minimum Gasteiger partial charge on any atom is -0.381 e. The first-order valence-corrected chi connectivity index (χ1v) is 9.02. The maximum Gasteiger partial charge on any atom is 0.322 e. The van der Waals surface area contributed by atoms with Gasteiger partial charge in [-0.3, -0.25) is 5.32 Å². The predicted molar refractivity (Wildman–Crippen MR) is 108 cm³/mol. The number of nitrogens with one attached hydrogen (secondary N) is 2.